The topological polar surface area (TPSA) is 46.0 Å². The molecule has 1 atom stereocenters. The molecular formula is C15H11ClN2O. The van der Waals surface area contributed by atoms with Gasteiger partial charge >= 0.3 is 0 Å². The predicted octanol–water partition coefficient (Wildman–Crippen LogP) is 3.36. The Balaban J connectivity index is 2.14. The number of para-hydroxylation sites is 1. The second-order valence-electron chi connectivity index (χ2n) is 4.24. The van der Waals surface area contributed by atoms with Crippen molar-refractivity contribution in [3.8, 4) is 0 Å². The first-order valence-corrected chi connectivity index (χ1v) is 6.26. The van der Waals surface area contributed by atoms with E-state index in [2.05, 4.69) is 9.97 Å². The molecule has 94 valence electrons. The third-order valence-electron chi connectivity index (χ3n) is 3.02. The summed E-state index contributed by atoms with van der Waals surface area (Å²) in [6.45, 7) is 0. The smallest absolute Gasteiger partial charge is 0.129 e. The molecule has 3 nitrogen and oxygen atoms in total. The lowest BCUT2D eigenvalue weighted by Crippen LogP contribution is -2.01. The van der Waals surface area contributed by atoms with E-state index in [0.29, 0.717) is 10.7 Å². The predicted molar refractivity (Wildman–Crippen MR) is 75.1 cm³/mol. The molecule has 4 heteroatoms. The van der Waals surface area contributed by atoms with Crippen LogP contribution in [0.1, 0.15) is 17.2 Å². The van der Waals surface area contributed by atoms with Crippen molar-refractivity contribution >= 4 is 22.5 Å². The molecule has 2 heterocycles. The van der Waals surface area contributed by atoms with Crippen molar-refractivity contribution in [1.29, 1.82) is 0 Å². The lowest BCUT2D eigenvalue weighted by Gasteiger charge is -2.13. The Hall–Kier alpha value is -1.97. The fourth-order valence-electron chi connectivity index (χ4n) is 2.12. The first-order valence-electron chi connectivity index (χ1n) is 5.89. The zero-order valence-corrected chi connectivity index (χ0v) is 10.7. The monoisotopic (exact) mass is 270 g/mol. The number of pyridine rings is 2. The van der Waals surface area contributed by atoms with Crippen LogP contribution in [-0.4, -0.2) is 15.1 Å². The molecule has 0 bridgehead atoms. The highest BCUT2D eigenvalue weighted by Gasteiger charge is 2.14. The molecule has 1 N–H and O–H groups in total. The zero-order chi connectivity index (χ0) is 13.2. The van der Waals surface area contributed by atoms with Crippen LogP contribution >= 0.6 is 11.6 Å². The molecule has 0 aliphatic carbocycles. The molecular weight excluding hydrogens is 260 g/mol. The summed E-state index contributed by atoms with van der Waals surface area (Å²) in [4.78, 5) is 8.26. The second-order valence-corrected chi connectivity index (χ2v) is 4.62. The number of hydrogen-bond donors (Lipinski definition) is 1. The van der Waals surface area contributed by atoms with E-state index < -0.39 is 6.10 Å². The molecule has 3 rings (SSSR count). The quantitative estimate of drug-likeness (QED) is 0.726. The summed E-state index contributed by atoms with van der Waals surface area (Å²) >= 11 is 5.86. The Labute approximate surface area is 115 Å². The maximum absolute atomic E-state index is 10.5. The number of nitrogens with zero attached hydrogens (tertiary/aromatic N) is 2. The standard InChI is InChI=1S/C15H11ClN2O/c16-13-9-11(6-8-17-13)15(19)12-5-1-3-10-4-2-7-18-14(10)12/h1-9,15,19H. The first-order chi connectivity index (χ1) is 9.25. The zero-order valence-electron chi connectivity index (χ0n) is 9.99. The van der Waals surface area contributed by atoms with Gasteiger partial charge in [0.2, 0.25) is 0 Å². The van der Waals surface area contributed by atoms with E-state index in [0.717, 1.165) is 16.5 Å². The van der Waals surface area contributed by atoms with Gasteiger partial charge in [-0.15, -0.1) is 0 Å². The van der Waals surface area contributed by atoms with Gasteiger partial charge in [-0.2, -0.15) is 0 Å². The molecule has 1 aromatic carbocycles. The number of aromatic nitrogens is 2. The van der Waals surface area contributed by atoms with Crippen LogP contribution in [0.2, 0.25) is 5.15 Å². The van der Waals surface area contributed by atoms with Crippen molar-refractivity contribution in [2.75, 3.05) is 0 Å². The van der Waals surface area contributed by atoms with Gasteiger partial charge in [-0.3, -0.25) is 4.98 Å². The number of aliphatic hydroxyl groups excluding tert-OH is 1. The lowest BCUT2D eigenvalue weighted by molar-refractivity contribution is 0.221. The van der Waals surface area contributed by atoms with Crippen LogP contribution in [0.25, 0.3) is 10.9 Å². The van der Waals surface area contributed by atoms with E-state index in [1.54, 1.807) is 24.5 Å². The maximum atomic E-state index is 10.5. The largest absolute Gasteiger partial charge is 0.384 e. The first kappa shape index (κ1) is 12.1. The summed E-state index contributed by atoms with van der Waals surface area (Å²) < 4.78 is 0. The number of rotatable bonds is 2. The molecule has 0 saturated carbocycles. The fourth-order valence-corrected chi connectivity index (χ4v) is 2.30. The highest BCUT2D eigenvalue weighted by atomic mass is 35.5. The van der Waals surface area contributed by atoms with Crippen LogP contribution in [0.15, 0.2) is 54.9 Å². The minimum atomic E-state index is -0.765. The van der Waals surface area contributed by atoms with Gasteiger partial charge in [0, 0.05) is 23.3 Å². The van der Waals surface area contributed by atoms with E-state index in [1.807, 2.05) is 30.3 Å². The van der Waals surface area contributed by atoms with Crippen molar-refractivity contribution in [2.45, 2.75) is 6.10 Å². The SMILES string of the molecule is OC(c1ccnc(Cl)c1)c1cccc2cccnc12. The van der Waals surface area contributed by atoms with Gasteiger partial charge in [-0.1, -0.05) is 35.9 Å². The van der Waals surface area contributed by atoms with Gasteiger partial charge in [0.1, 0.15) is 11.3 Å². The average Bonchev–Trinajstić information content (AvgIpc) is 2.46. The van der Waals surface area contributed by atoms with Gasteiger partial charge in [-0.05, 0) is 23.8 Å². The normalized spacial score (nSPS) is 12.5. The minimum Gasteiger partial charge on any atom is -0.384 e. The maximum Gasteiger partial charge on any atom is 0.129 e. The number of fused-ring (bicyclic) bond motifs is 1. The fraction of sp³-hybridized carbons (Fsp3) is 0.0667. The Bertz CT molecular complexity index is 725. The summed E-state index contributed by atoms with van der Waals surface area (Å²) in [6.07, 6.45) is 2.54. The van der Waals surface area contributed by atoms with Crippen LogP contribution in [0.4, 0.5) is 0 Å². The van der Waals surface area contributed by atoms with Gasteiger partial charge in [-0.25, -0.2) is 4.98 Å². The Kier molecular flexibility index (Phi) is 3.15. The van der Waals surface area contributed by atoms with E-state index >= 15 is 0 Å². The molecule has 0 amide bonds. The third-order valence-corrected chi connectivity index (χ3v) is 3.23. The highest BCUT2D eigenvalue weighted by molar-refractivity contribution is 6.29. The summed E-state index contributed by atoms with van der Waals surface area (Å²) in [5.74, 6) is 0. The second kappa shape index (κ2) is 4.96. The van der Waals surface area contributed by atoms with Gasteiger partial charge in [0.25, 0.3) is 0 Å². The van der Waals surface area contributed by atoms with Crippen molar-refractivity contribution in [3.63, 3.8) is 0 Å². The Morgan fingerprint density at radius 2 is 1.84 bits per heavy atom. The summed E-state index contributed by atoms with van der Waals surface area (Å²) in [7, 11) is 0. The number of halogens is 1. The van der Waals surface area contributed by atoms with Gasteiger partial charge in [0.05, 0.1) is 5.52 Å². The van der Waals surface area contributed by atoms with E-state index in [1.165, 1.54) is 0 Å². The third kappa shape index (κ3) is 2.30. The van der Waals surface area contributed by atoms with Crippen molar-refractivity contribution < 1.29 is 5.11 Å². The number of hydrogen-bond acceptors (Lipinski definition) is 3. The van der Waals surface area contributed by atoms with Gasteiger partial charge < -0.3 is 5.11 Å². The summed E-state index contributed by atoms with van der Waals surface area (Å²) in [5, 5.41) is 11.9. The molecule has 0 saturated heterocycles. The van der Waals surface area contributed by atoms with Crippen LogP contribution in [-0.2, 0) is 0 Å². The van der Waals surface area contributed by atoms with Crippen LogP contribution in [0.3, 0.4) is 0 Å². The minimum absolute atomic E-state index is 0.366. The van der Waals surface area contributed by atoms with Crippen molar-refractivity contribution in [3.05, 3.63) is 71.1 Å². The molecule has 2 aromatic heterocycles. The van der Waals surface area contributed by atoms with Crippen molar-refractivity contribution in [2.24, 2.45) is 0 Å². The molecule has 0 radical (unpaired) electrons. The summed E-state index contributed by atoms with van der Waals surface area (Å²) in [5.41, 5.74) is 2.27. The Morgan fingerprint density at radius 1 is 1.00 bits per heavy atom. The number of aliphatic hydroxyl groups is 1. The molecule has 0 aliphatic heterocycles. The van der Waals surface area contributed by atoms with Crippen LogP contribution in [0, 0.1) is 0 Å². The number of benzene rings is 1. The van der Waals surface area contributed by atoms with E-state index in [9.17, 15) is 5.11 Å². The molecule has 1 unspecified atom stereocenters. The van der Waals surface area contributed by atoms with Crippen LogP contribution in [0.5, 0.6) is 0 Å². The molecule has 19 heavy (non-hydrogen) atoms. The van der Waals surface area contributed by atoms with E-state index in [-0.39, 0.29) is 0 Å². The summed E-state index contributed by atoms with van der Waals surface area (Å²) in [6, 6.07) is 13.0. The molecule has 0 spiro atoms. The lowest BCUT2D eigenvalue weighted by atomic mass is 10.00. The van der Waals surface area contributed by atoms with Gasteiger partial charge in [0.15, 0.2) is 0 Å². The molecule has 3 aromatic rings. The Morgan fingerprint density at radius 3 is 2.68 bits per heavy atom. The van der Waals surface area contributed by atoms with Crippen LogP contribution < -0.4 is 0 Å². The van der Waals surface area contributed by atoms with Crippen molar-refractivity contribution in [1.82, 2.24) is 9.97 Å². The average molecular weight is 271 g/mol. The molecule has 0 fully saturated rings. The molecule has 0 aliphatic rings. The highest BCUT2D eigenvalue weighted by Crippen LogP contribution is 2.28. The van der Waals surface area contributed by atoms with E-state index in [4.69, 9.17) is 11.6 Å².